The predicted octanol–water partition coefficient (Wildman–Crippen LogP) is -0.416. The van der Waals surface area contributed by atoms with Gasteiger partial charge >= 0.3 is 11.9 Å². The molecular formula is C36H49N9O9. The first-order chi connectivity index (χ1) is 25.5. The molecule has 14 N–H and O–H groups in total. The van der Waals surface area contributed by atoms with Crippen molar-refractivity contribution in [2.45, 2.75) is 82.6 Å². The average molecular weight is 752 g/mol. The number of H-pyrrole nitrogens is 1. The van der Waals surface area contributed by atoms with Crippen LogP contribution in [0.25, 0.3) is 10.9 Å². The van der Waals surface area contributed by atoms with E-state index in [1.165, 1.54) is 12.1 Å². The second-order valence-corrected chi connectivity index (χ2v) is 13.2. The van der Waals surface area contributed by atoms with Gasteiger partial charge in [0.15, 0.2) is 5.96 Å². The standard InChI is InChI=1S/C36H49N9O9/c1-19(2)30(45-31(49)24(37)16-20-9-11-22(46)12-10-20)34(52)43-27(13-14-29(47)48)33(51)42-26(8-5-15-40-36(38)39)32(50)44-28(35(53)54)17-21-18-41-25-7-4-3-6-23(21)25/h3-4,6-7,9-12,18-19,24,26-28,30,41,46H,5,8,13-17,37H2,1-2H3,(H,42,51)(H,43,52)(H,44,50)(H,45,49)(H,47,48)(H,53,54)(H4,38,39,40)/t24-,26-,27-,28-,30-/m0/s1. The number of carbonyl (C=O) groups is 6. The Balaban J connectivity index is 1.78. The number of carboxylic acids is 2. The largest absolute Gasteiger partial charge is 0.508 e. The predicted molar refractivity (Wildman–Crippen MR) is 199 cm³/mol. The molecule has 0 saturated heterocycles. The van der Waals surface area contributed by atoms with E-state index in [9.17, 15) is 44.1 Å². The number of nitrogens with one attached hydrogen (secondary N) is 5. The highest BCUT2D eigenvalue weighted by molar-refractivity contribution is 5.96. The number of nitrogens with two attached hydrogens (primary N) is 3. The third kappa shape index (κ3) is 13.1. The summed E-state index contributed by atoms with van der Waals surface area (Å²) < 4.78 is 0. The number of fused-ring (bicyclic) bond motifs is 1. The number of para-hydroxylation sites is 1. The lowest BCUT2D eigenvalue weighted by molar-refractivity contribution is -0.142. The Labute approximate surface area is 311 Å². The lowest BCUT2D eigenvalue weighted by atomic mass is 10.00. The van der Waals surface area contributed by atoms with E-state index in [2.05, 4.69) is 31.2 Å². The summed E-state index contributed by atoms with van der Waals surface area (Å²) >= 11 is 0. The zero-order valence-corrected chi connectivity index (χ0v) is 30.1. The Hall–Kier alpha value is -6.17. The normalized spacial score (nSPS) is 13.9. The topological polar surface area (TPSA) is 317 Å². The molecule has 0 aliphatic rings. The number of aliphatic carboxylic acids is 2. The maximum atomic E-state index is 13.7. The first-order valence-corrected chi connectivity index (χ1v) is 17.4. The fourth-order valence-corrected chi connectivity index (χ4v) is 5.61. The molecule has 0 spiro atoms. The van der Waals surface area contributed by atoms with E-state index in [-0.39, 0.29) is 50.4 Å². The molecule has 1 aromatic heterocycles. The Morgan fingerprint density at radius 3 is 2.00 bits per heavy atom. The van der Waals surface area contributed by atoms with Crippen LogP contribution in [-0.2, 0) is 41.6 Å². The van der Waals surface area contributed by atoms with E-state index in [1.54, 1.807) is 38.2 Å². The first-order valence-electron chi connectivity index (χ1n) is 17.4. The number of aliphatic imine (C=N–C) groups is 1. The van der Waals surface area contributed by atoms with Crippen molar-refractivity contribution in [1.82, 2.24) is 26.3 Å². The fraction of sp³-hybridized carbons (Fsp3) is 0.417. The average Bonchev–Trinajstić information content (AvgIpc) is 3.52. The van der Waals surface area contributed by atoms with Crippen molar-refractivity contribution < 1.29 is 44.1 Å². The maximum Gasteiger partial charge on any atom is 0.326 e. The molecule has 3 aromatic rings. The monoisotopic (exact) mass is 751 g/mol. The SMILES string of the molecule is CC(C)[C@H](NC(=O)[C@@H](N)Cc1ccc(O)cc1)C(=O)N[C@@H](CCC(=O)O)C(=O)N[C@@H](CCCN=C(N)N)C(=O)N[C@@H](Cc1c[nH]c2ccccc12)C(=O)O. The smallest absolute Gasteiger partial charge is 0.326 e. The van der Waals surface area contributed by atoms with Crippen LogP contribution in [0.4, 0.5) is 0 Å². The summed E-state index contributed by atoms with van der Waals surface area (Å²) in [4.78, 5) is 84.6. The molecule has 54 heavy (non-hydrogen) atoms. The second-order valence-electron chi connectivity index (χ2n) is 13.2. The maximum absolute atomic E-state index is 13.7. The van der Waals surface area contributed by atoms with Crippen LogP contribution in [0.1, 0.15) is 50.7 Å². The van der Waals surface area contributed by atoms with Gasteiger partial charge in [-0.25, -0.2) is 4.79 Å². The number of carbonyl (C=O) groups excluding carboxylic acids is 4. The molecular weight excluding hydrogens is 702 g/mol. The van der Waals surface area contributed by atoms with E-state index in [0.29, 0.717) is 11.1 Å². The quantitative estimate of drug-likeness (QED) is 0.0376. The number of aromatic nitrogens is 1. The number of guanidine groups is 1. The third-order valence-corrected chi connectivity index (χ3v) is 8.55. The number of hydrogen-bond acceptors (Lipinski definition) is 9. The van der Waals surface area contributed by atoms with Gasteiger partial charge in [0, 0.05) is 36.5 Å². The molecule has 4 amide bonds. The van der Waals surface area contributed by atoms with Crippen LogP contribution < -0.4 is 38.5 Å². The van der Waals surface area contributed by atoms with Gasteiger partial charge in [-0.2, -0.15) is 0 Å². The molecule has 18 nitrogen and oxygen atoms in total. The first kappa shape index (κ1) is 42.2. The van der Waals surface area contributed by atoms with Crippen LogP contribution >= 0.6 is 0 Å². The molecule has 0 saturated carbocycles. The van der Waals surface area contributed by atoms with Crippen LogP contribution in [0.2, 0.25) is 0 Å². The minimum Gasteiger partial charge on any atom is -0.508 e. The molecule has 2 aromatic carbocycles. The van der Waals surface area contributed by atoms with Crippen molar-refractivity contribution >= 4 is 52.4 Å². The van der Waals surface area contributed by atoms with Gasteiger partial charge in [0.2, 0.25) is 23.6 Å². The number of amides is 4. The highest BCUT2D eigenvalue weighted by Gasteiger charge is 2.33. The van der Waals surface area contributed by atoms with Crippen LogP contribution in [0.5, 0.6) is 5.75 Å². The van der Waals surface area contributed by atoms with Gasteiger partial charge in [-0.15, -0.1) is 0 Å². The number of carboxylic acid groups (broad SMARTS) is 2. The third-order valence-electron chi connectivity index (χ3n) is 8.55. The van der Waals surface area contributed by atoms with Gasteiger partial charge in [0.25, 0.3) is 0 Å². The molecule has 5 atom stereocenters. The Bertz CT molecular complexity index is 1810. The van der Waals surface area contributed by atoms with Crippen molar-refractivity contribution in [2.75, 3.05) is 6.54 Å². The lowest BCUT2D eigenvalue weighted by Crippen LogP contribution is -2.59. The summed E-state index contributed by atoms with van der Waals surface area (Å²) in [5.41, 5.74) is 19.0. The number of aromatic amines is 1. The number of phenolic OH excluding ortho intramolecular Hbond substituents is 1. The fourth-order valence-electron chi connectivity index (χ4n) is 5.61. The molecule has 3 rings (SSSR count). The number of benzene rings is 2. The number of rotatable bonds is 21. The molecule has 1 heterocycles. The van der Waals surface area contributed by atoms with E-state index in [4.69, 9.17) is 17.2 Å². The zero-order chi connectivity index (χ0) is 39.9. The molecule has 0 aliphatic carbocycles. The number of hydrogen-bond donors (Lipinski definition) is 11. The molecule has 0 fully saturated rings. The van der Waals surface area contributed by atoms with Crippen LogP contribution in [0.15, 0.2) is 59.7 Å². The summed E-state index contributed by atoms with van der Waals surface area (Å²) in [5, 5.41) is 39.8. The van der Waals surface area contributed by atoms with Crippen molar-refractivity contribution in [2.24, 2.45) is 28.1 Å². The summed E-state index contributed by atoms with van der Waals surface area (Å²) in [6.07, 6.45) is 0.851. The van der Waals surface area contributed by atoms with Crippen molar-refractivity contribution in [3.63, 3.8) is 0 Å². The minimum atomic E-state index is -1.48. The van der Waals surface area contributed by atoms with Crippen molar-refractivity contribution in [3.8, 4) is 5.75 Å². The number of aromatic hydroxyl groups is 1. The van der Waals surface area contributed by atoms with Crippen LogP contribution in [0, 0.1) is 5.92 Å². The van der Waals surface area contributed by atoms with Gasteiger partial charge in [0.05, 0.1) is 6.04 Å². The molecule has 292 valence electrons. The molecule has 0 radical (unpaired) electrons. The van der Waals surface area contributed by atoms with Crippen LogP contribution in [0.3, 0.4) is 0 Å². The van der Waals surface area contributed by atoms with Gasteiger partial charge in [0.1, 0.15) is 29.9 Å². The van der Waals surface area contributed by atoms with E-state index >= 15 is 0 Å². The van der Waals surface area contributed by atoms with Gasteiger partial charge in [-0.3, -0.25) is 29.0 Å². The van der Waals surface area contributed by atoms with E-state index in [0.717, 1.165) is 10.9 Å². The summed E-state index contributed by atoms with van der Waals surface area (Å²) in [5.74, 6) is -6.49. The molecule has 0 unspecified atom stereocenters. The molecule has 0 aliphatic heterocycles. The van der Waals surface area contributed by atoms with Gasteiger partial charge in [-0.1, -0.05) is 44.2 Å². The van der Waals surface area contributed by atoms with Crippen molar-refractivity contribution in [3.05, 3.63) is 65.9 Å². The van der Waals surface area contributed by atoms with Gasteiger partial charge < -0.3 is 58.8 Å². The zero-order valence-electron chi connectivity index (χ0n) is 30.1. The van der Waals surface area contributed by atoms with E-state index in [1.807, 2.05) is 18.2 Å². The van der Waals surface area contributed by atoms with Crippen molar-refractivity contribution in [1.29, 1.82) is 0 Å². The highest BCUT2D eigenvalue weighted by atomic mass is 16.4. The molecule has 0 bridgehead atoms. The Kier molecular flexibility index (Phi) is 15.8. The summed E-state index contributed by atoms with van der Waals surface area (Å²) in [7, 11) is 0. The Morgan fingerprint density at radius 1 is 0.778 bits per heavy atom. The minimum absolute atomic E-state index is 0.0404. The van der Waals surface area contributed by atoms with Crippen LogP contribution in [-0.4, -0.2) is 98.6 Å². The number of nitrogens with zero attached hydrogens (tertiary/aromatic N) is 1. The van der Waals surface area contributed by atoms with Gasteiger partial charge in [-0.05, 0) is 60.9 Å². The number of phenols is 1. The summed E-state index contributed by atoms with van der Waals surface area (Å²) in [6.45, 7) is 3.37. The highest BCUT2D eigenvalue weighted by Crippen LogP contribution is 2.19. The van der Waals surface area contributed by atoms with E-state index < -0.39 is 78.1 Å². The second kappa shape index (κ2) is 20.2. The lowest BCUT2D eigenvalue weighted by Gasteiger charge is -2.27. The summed E-state index contributed by atoms with van der Waals surface area (Å²) in [6, 6.07) is 6.84. The Morgan fingerprint density at radius 2 is 1.39 bits per heavy atom. The molecule has 18 heteroatoms.